The van der Waals surface area contributed by atoms with Crippen molar-refractivity contribution in [1.82, 2.24) is 10.2 Å². The van der Waals surface area contributed by atoms with Crippen molar-refractivity contribution < 1.29 is 9.90 Å². The minimum atomic E-state index is -0.462. The van der Waals surface area contributed by atoms with E-state index < -0.39 is 6.10 Å². The second-order valence-electron chi connectivity index (χ2n) is 2.85. The van der Waals surface area contributed by atoms with Crippen molar-refractivity contribution in [2.24, 2.45) is 0 Å². The third kappa shape index (κ3) is 2.32. The molecule has 1 amide bonds. The van der Waals surface area contributed by atoms with Gasteiger partial charge in [-0.25, -0.2) is 0 Å². The molecular weight excluding hydrogens is 156 g/mol. The van der Waals surface area contributed by atoms with E-state index in [9.17, 15) is 9.90 Å². The van der Waals surface area contributed by atoms with Gasteiger partial charge in [0.15, 0.2) is 0 Å². The smallest absolute Gasteiger partial charge is 0.246 e. The molecule has 1 unspecified atom stereocenters. The van der Waals surface area contributed by atoms with Gasteiger partial charge in [0.1, 0.15) is 0 Å². The Morgan fingerprint density at radius 2 is 2.50 bits per heavy atom. The van der Waals surface area contributed by atoms with Crippen molar-refractivity contribution >= 4 is 5.91 Å². The summed E-state index contributed by atoms with van der Waals surface area (Å²) in [5.74, 6) is -0.113. The van der Waals surface area contributed by atoms with E-state index in [0.717, 1.165) is 6.54 Å². The van der Waals surface area contributed by atoms with Crippen molar-refractivity contribution in [2.75, 3.05) is 26.2 Å². The van der Waals surface area contributed by atoms with Gasteiger partial charge >= 0.3 is 0 Å². The summed E-state index contributed by atoms with van der Waals surface area (Å²) in [6, 6.07) is 0. The normalized spacial score (nSPS) is 24.8. The molecule has 1 aliphatic heterocycles. The number of hydrogen-bond donors (Lipinski definition) is 2. The van der Waals surface area contributed by atoms with Crippen molar-refractivity contribution in [3.05, 3.63) is 12.7 Å². The first-order valence-electron chi connectivity index (χ1n) is 4.04. The lowest BCUT2D eigenvalue weighted by atomic mass is 10.3. The van der Waals surface area contributed by atoms with Crippen LogP contribution in [-0.4, -0.2) is 48.2 Å². The molecule has 0 aliphatic carbocycles. The predicted octanol–water partition coefficient (Wildman–Crippen LogP) is -1.03. The third-order valence-corrected chi connectivity index (χ3v) is 1.86. The van der Waals surface area contributed by atoms with Gasteiger partial charge in [-0.1, -0.05) is 6.58 Å². The van der Waals surface area contributed by atoms with Crippen LogP contribution in [0.3, 0.4) is 0 Å². The highest BCUT2D eigenvalue weighted by Crippen LogP contribution is 1.97. The van der Waals surface area contributed by atoms with Gasteiger partial charge in [0.2, 0.25) is 5.91 Å². The molecule has 1 heterocycles. The van der Waals surface area contributed by atoms with Gasteiger partial charge in [0.25, 0.3) is 0 Å². The highest BCUT2D eigenvalue weighted by Gasteiger charge is 2.17. The van der Waals surface area contributed by atoms with Crippen LogP contribution in [0, 0.1) is 0 Å². The maximum atomic E-state index is 11.1. The second kappa shape index (κ2) is 4.23. The minimum Gasteiger partial charge on any atom is -0.390 e. The third-order valence-electron chi connectivity index (χ3n) is 1.86. The first-order chi connectivity index (χ1) is 5.74. The molecule has 1 fully saturated rings. The van der Waals surface area contributed by atoms with Crippen LogP contribution >= 0.6 is 0 Å². The van der Waals surface area contributed by atoms with Gasteiger partial charge < -0.3 is 15.3 Å². The zero-order chi connectivity index (χ0) is 8.97. The van der Waals surface area contributed by atoms with Gasteiger partial charge in [0, 0.05) is 26.2 Å². The number of carbonyl (C=O) groups excluding carboxylic acids is 1. The van der Waals surface area contributed by atoms with Gasteiger partial charge in [0.05, 0.1) is 6.10 Å². The molecule has 0 aromatic rings. The molecule has 0 spiro atoms. The summed E-state index contributed by atoms with van der Waals surface area (Å²) < 4.78 is 0. The number of hydrogen-bond acceptors (Lipinski definition) is 3. The Bertz CT molecular complexity index is 182. The quantitative estimate of drug-likeness (QED) is 0.494. The lowest BCUT2D eigenvalue weighted by Crippen LogP contribution is -2.36. The summed E-state index contributed by atoms with van der Waals surface area (Å²) in [5, 5.41) is 12.3. The first-order valence-corrected chi connectivity index (χ1v) is 4.04. The molecule has 68 valence electrons. The van der Waals surface area contributed by atoms with Crippen molar-refractivity contribution in [1.29, 1.82) is 0 Å². The number of β-amino-alcohol motifs (C(OH)–C–C–N with tert-alkyl or cyclic N) is 1. The topological polar surface area (TPSA) is 52.6 Å². The molecule has 1 atom stereocenters. The van der Waals surface area contributed by atoms with Crippen LogP contribution in [0.1, 0.15) is 0 Å². The number of carbonyl (C=O) groups is 1. The number of amides is 1. The van der Waals surface area contributed by atoms with Crippen LogP contribution in [0.5, 0.6) is 0 Å². The zero-order valence-corrected chi connectivity index (χ0v) is 6.99. The molecule has 0 saturated carbocycles. The number of nitrogens with one attached hydrogen (secondary N) is 1. The van der Waals surface area contributed by atoms with Crippen molar-refractivity contribution in [3.8, 4) is 0 Å². The van der Waals surface area contributed by atoms with E-state index in [2.05, 4.69) is 11.9 Å². The number of nitrogens with zero attached hydrogens (tertiary/aromatic N) is 1. The molecule has 1 aliphatic rings. The molecule has 12 heavy (non-hydrogen) atoms. The van der Waals surface area contributed by atoms with Crippen molar-refractivity contribution in [3.63, 3.8) is 0 Å². The van der Waals surface area contributed by atoms with Crippen LogP contribution in [0.4, 0.5) is 0 Å². The lowest BCUT2D eigenvalue weighted by molar-refractivity contribution is -0.126. The van der Waals surface area contributed by atoms with E-state index in [1.54, 1.807) is 4.90 Å². The average Bonchev–Trinajstić information content (AvgIpc) is 2.28. The standard InChI is InChI=1S/C8H14N2O2/c1-2-8(12)10-4-3-9-5-7(11)6-10/h2,7,9,11H,1,3-6H2. The van der Waals surface area contributed by atoms with Crippen LogP contribution < -0.4 is 5.32 Å². The number of rotatable bonds is 1. The fraction of sp³-hybridized carbons (Fsp3) is 0.625. The molecule has 4 heteroatoms. The van der Waals surface area contributed by atoms with E-state index in [1.807, 2.05) is 0 Å². The highest BCUT2D eigenvalue weighted by atomic mass is 16.3. The van der Waals surface area contributed by atoms with Gasteiger partial charge in [-0.3, -0.25) is 4.79 Å². The minimum absolute atomic E-state index is 0.113. The van der Waals surface area contributed by atoms with Crippen LogP contribution in [-0.2, 0) is 4.79 Å². The van der Waals surface area contributed by atoms with E-state index in [0.29, 0.717) is 19.6 Å². The van der Waals surface area contributed by atoms with Gasteiger partial charge in [-0.05, 0) is 6.08 Å². The summed E-state index contributed by atoms with van der Waals surface area (Å²) in [6.45, 7) is 5.73. The molecule has 0 aromatic carbocycles. The van der Waals surface area contributed by atoms with Crippen LogP contribution in [0.2, 0.25) is 0 Å². The van der Waals surface area contributed by atoms with E-state index in [-0.39, 0.29) is 5.91 Å². The number of aliphatic hydroxyl groups excluding tert-OH is 1. The molecule has 2 N–H and O–H groups in total. The second-order valence-corrected chi connectivity index (χ2v) is 2.85. The summed E-state index contributed by atoms with van der Waals surface area (Å²) in [5.41, 5.74) is 0. The Hall–Kier alpha value is -0.870. The zero-order valence-electron chi connectivity index (χ0n) is 6.99. The Labute approximate surface area is 71.9 Å². The first kappa shape index (κ1) is 9.22. The summed E-state index contributed by atoms with van der Waals surface area (Å²) in [4.78, 5) is 12.7. The fourth-order valence-corrected chi connectivity index (χ4v) is 1.22. The van der Waals surface area contributed by atoms with Crippen LogP contribution in [0.15, 0.2) is 12.7 Å². The predicted molar refractivity (Wildman–Crippen MR) is 45.7 cm³/mol. The molecule has 0 aromatic heterocycles. The fourth-order valence-electron chi connectivity index (χ4n) is 1.22. The Morgan fingerprint density at radius 1 is 1.75 bits per heavy atom. The van der Waals surface area contributed by atoms with Gasteiger partial charge in [-0.15, -0.1) is 0 Å². The number of aliphatic hydroxyl groups is 1. The average molecular weight is 170 g/mol. The Morgan fingerprint density at radius 3 is 3.17 bits per heavy atom. The van der Waals surface area contributed by atoms with E-state index in [4.69, 9.17) is 0 Å². The summed E-state index contributed by atoms with van der Waals surface area (Å²) >= 11 is 0. The monoisotopic (exact) mass is 170 g/mol. The van der Waals surface area contributed by atoms with E-state index in [1.165, 1.54) is 6.08 Å². The molecule has 1 rings (SSSR count). The SMILES string of the molecule is C=CC(=O)N1CCNCC(O)C1. The van der Waals surface area contributed by atoms with E-state index >= 15 is 0 Å². The summed E-state index contributed by atoms with van der Waals surface area (Å²) in [7, 11) is 0. The van der Waals surface area contributed by atoms with Gasteiger partial charge in [-0.2, -0.15) is 0 Å². The molecular formula is C8H14N2O2. The van der Waals surface area contributed by atoms with Crippen molar-refractivity contribution in [2.45, 2.75) is 6.10 Å². The van der Waals surface area contributed by atoms with Crippen LogP contribution in [0.25, 0.3) is 0 Å². The molecule has 1 saturated heterocycles. The maximum Gasteiger partial charge on any atom is 0.246 e. The molecule has 0 bridgehead atoms. The molecule has 4 nitrogen and oxygen atoms in total. The summed E-state index contributed by atoms with van der Waals surface area (Å²) in [6.07, 6.45) is 0.814. The highest BCUT2D eigenvalue weighted by molar-refractivity contribution is 5.87. The lowest BCUT2D eigenvalue weighted by Gasteiger charge is -2.19. The Kier molecular flexibility index (Phi) is 3.25. The maximum absolute atomic E-state index is 11.1. The largest absolute Gasteiger partial charge is 0.390 e. The molecule has 0 radical (unpaired) electrons. The Balaban J connectivity index is 2.51.